The SMILES string of the molecule is NCCCCn1nc2cc3c(cc2n1)CCCC3. The first-order valence-electron chi connectivity index (χ1n) is 6.93. The van der Waals surface area contributed by atoms with Crippen molar-refractivity contribution in [3.8, 4) is 0 Å². The van der Waals surface area contributed by atoms with Crippen LogP contribution in [0.2, 0.25) is 0 Å². The first-order valence-corrected chi connectivity index (χ1v) is 6.93. The zero-order valence-electron chi connectivity index (χ0n) is 10.7. The Balaban J connectivity index is 1.87. The number of aromatic nitrogens is 3. The van der Waals surface area contributed by atoms with Gasteiger partial charge in [0.15, 0.2) is 0 Å². The molecule has 18 heavy (non-hydrogen) atoms. The monoisotopic (exact) mass is 244 g/mol. The van der Waals surface area contributed by atoms with E-state index in [2.05, 4.69) is 22.3 Å². The molecule has 96 valence electrons. The highest BCUT2D eigenvalue weighted by Crippen LogP contribution is 2.24. The number of nitrogens with two attached hydrogens (primary N) is 1. The van der Waals surface area contributed by atoms with Crippen molar-refractivity contribution in [1.29, 1.82) is 0 Å². The Morgan fingerprint density at radius 2 is 1.61 bits per heavy atom. The van der Waals surface area contributed by atoms with E-state index in [4.69, 9.17) is 5.73 Å². The maximum Gasteiger partial charge on any atom is 0.113 e. The van der Waals surface area contributed by atoms with E-state index in [0.29, 0.717) is 0 Å². The summed E-state index contributed by atoms with van der Waals surface area (Å²) in [5, 5.41) is 9.11. The normalized spacial score (nSPS) is 14.9. The first-order chi connectivity index (χ1) is 8.86. The van der Waals surface area contributed by atoms with Crippen LogP contribution in [0.3, 0.4) is 0 Å². The Morgan fingerprint density at radius 3 is 2.17 bits per heavy atom. The predicted octanol–water partition coefficient (Wildman–Crippen LogP) is 2.05. The van der Waals surface area contributed by atoms with Crippen LogP contribution in [0, 0.1) is 0 Å². The highest BCUT2D eigenvalue weighted by Gasteiger charge is 2.12. The number of nitrogens with zero attached hydrogens (tertiary/aromatic N) is 3. The summed E-state index contributed by atoms with van der Waals surface area (Å²) in [6.45, 7) is 1.62. The second-order valence-electron chi connectivity index (χ2n) is 5.11. The Bertz CT molecular complexity index is 501. The van der Waals surface area contributed by atoms with Gasteiger partial charge < -0.3 is 5.73 Å². The number of hydrogen-bond acceptors (Lipinski definition) is 3. The fourth-order valence-corrected chi connectivity index (χ4v) is 2.69. The topological polar surface area (TPSA) is 56.7 Å². The van der Waals surface area contributed by atoms with Crippen LogP contribution in [-0.4, -0.2) is 21.5 Å². The summed E-state index contributed by atoms with van der Waals surface area (Å²) in [7, 11) is 0. The third-order valence-electron chi connectivity index (χ3n) is 3.70. The Kier molecular flexibility index (Phi) is 3.28. The number of unbranched alkanes of at least 4 members (excludes halogenated alkanes) is 1. The van der Waals surface area contributed by atoms with Crippen molar-refractivity contribution in [3.05, 3.63) is 23.3 Å². The van der Waals surface area contributed by atoms with E-state index < -0.39 is 0 Å². The molecule has 0 unspecified atom stereocenters. The summed E-state index contributed by atoms with van der Waals surface area (Å²) in [5.74, 6) is 0. The second kappa shape index (κ2) is 5.06. The third kappa shape index (κ3) is 2.25. The standard InChI is InChI=1S/C14H20N4/c15-7-3-4-8-18-16-13-9-11-5-1-2-6-12(11)10-14(13)17-18/h9-10H,1-8,15H2. The average molecular weight is 244 g/mol. The highest BCUT2D eigenvalue weighted by molar-refractivity contribution is 5.76. The molecule has 0 saturated heterocycles. The molecule has 1 aromatic heterocycles. The van der Waals surface area contributed by atoms with E-state index in [9.17, 15) is 0 Å². The molecule has 2 aromatic rings. The first kappa shape index (κ1) is 11.7. The lowest BCUT2D eigenvalue weighted by atomic mass is 9.91. The molecular weight excluding hydrogens is 224 g/mol. The van der Waals surface area contributed by atoms with Crippen molar-refractivity contribution in [2.24, 2.45) is 5.73 Å². The van der Waals surface area contributed by atoms with Crippen molar-refractivity contribution in [2.45, 2.75) is 45.1 Å². The van der Waals surface area contributed by atoms with Gasteiger partial charge >= 0.3 is 0 Å². The van der Waals surface area contributed by atoms with Gasteiger partial charge in [0.2, 0.25) is 0 Å². The zero-order chi connectivity index (χ0) is 12.4. The Hall–Kier alpha value is -1.42. The number of aryl methyl sites for hydroxylation is 3. The average Bonchev–Trinajstić information content (AvgIpc) is 2.77. The van der Waals surface area contributed by atoms with Crippen LogP contribution >= 0.6 is 0 Å². The van der Waals surface area contributed by atoms with Gasteiger partial charge in [-0.15, -0.1) is 0 Å². The molecule has 1 aromatic carbocycles. The number of hydrogen-bond donors (Lipinski definition) is 1. The maximum absolute atomic E-state index is 5.50. The lowest BCUT2D eigenvalue weighted by Gasteiger charge is -2.14. The van der Waals surface area contributed by atoms with Gasteiger partial charge in [0.25, 0.3) is 0 Å². The smallest absolute Gasteiger partial charge is 0.113 e. The van der Waals surface area contributed by atoms with Gasteiger partial charge in [0.05, 0.1) is 6.54 Å². The fourth-order valence-electron chi connectivity index (χ4n) is 2.69. The van der Waals surface area contributed by atoms with Crippen LogP contribution in [0.4, 0.5) is 0 Å². The van der Waals surface area contributed by atoms with Crippen molar-refractivity contribution in [3.63, 3.8) is 0 Å². The summed E-state index contributed by atoms with van der Waals surface area (Å²) in [5.41, 5.74) is 10.5. The van der Waals surface area contributed by atoms with Gasteiger partial charge in [-0.2, -0.15) is 15.0 Å². The summed E-state index contributed by atoms with van der Waals surface area (Å²) < 4.78 is 0. The number of fused-ring (bicyclic) bond motifs is 2. The van der Waals surface area contributed by atoms with E-state index in [0.717, 1.165) is 37.0 Å². The molecule has 1 aliphatic carbocycles. The molecule has 0 radical (unpaired) electrons. The molecular formula is C14H20N4. The summed E-state index contributed by atoms with van der Waals surface area (Å²) in [6.07, 6.45) is 7.11. The van der Waals surface area contributed by atoms with Crippen LogP contribution in [0.15, 0.2) is 12.1 Å². The van der Waals surface area contributed by atoms with Gasteiger partial charge in [-0.05, 0) is 68.3 Å². The molecule has 0 saturated carbocycles. The minimum atomic E-state index is 0.745. The van der Waals surface area contributed by atoms with Crippen molar-refractivity contribution < 1.29 is 0 Å². The van der Waals surface area contributed by atoms with Gasteiger partial charge in [0, 0.05) is 0 Å². The summed E-state index contributed by atoms with van der Waals surface area (Å²) >= 11 is 0. The van der Waals surface area contributed by atoms with E-state index in [-0.39, 0.29) is 0 Å². The van der Waals surface area contributed by atoms with Crippen LogP contribution < -0.4 is 5.73 Å². The van der Waals surface area contributed by atoms with Crippen LogP contribution in [-0.2, 0) is 19.4 Å². The molecule has 0 amide bonds. The molecule has 0 fully saturated rings. The molecule has 1 aliphatic rings. The predicted molar refractivity (Wildman–Crippen MR) is 72.5 cm³/mol. The van der Waals surface area contributed by atoms with Crippen molar-refractivity contribution >= 4 is 11.0 Å². The van der Waals surface area contributed by atoms with Crippen LogP contribution in [0.1, 0.15) is 36.8 Å². The number of benzene rings is 1. The molecule has 0 spiro atoms. The molecule has 0 aliphatic heterocycles. The molecule has 0 bridgehead atoms. The van der Waals surface area contributed by atoms with Gasteiger partial charge in [-0.25, -0.2) is 0 Å². The van der Waals surface area contributed by atoms with Crippen LogP contribution in [0.5, 0.6) is 0 Å². The summed E-state index contributed by atoms with van der Waals surface area (Å²) in [6, 6.07) is 4.46. The van der Waals surface area contributed by atoms with E-state index in [1.54, 1.807) is 0 Å². The molecule has 1 heterocycles. The van der Waals surface area contributed by atoms with Gasteiger partial charge in [-0.1, -0.05) is 0 Å². The van der Waals surface area contributed by atoms with E-state index >= 15 is 0 Å². The molecule has 3 rings (SSSR count). The second-order valence-corrected chi connectivity index (χ2v) is 5.11. The lowest BCUT2D eigenvalue weighted by molar-refractivity contribution is 0.507. The fraction of sp³-hybridized carbons (Fsp3) is 0.571. The van der Waals surface area contributed by atoms with Crippen LogP contribution in [0.25, 0.3) is 11.0 Å². The molecule has 2 N–H and O–H groups in total. The Labute approximate surface area is 107 Å². The van der Waals surface area contributed by atoms with E-state index in [1.807, 2.05) is 4.80 Å². The molecule has 4 nitrogen and oxygen atoms in total. The van der Waals surface area contributed by atoms with Crippen molar-refractivity contribution in [2.75, 3.05) is 6.54 Å². The summed E-state index contributed by atoms with van der Waals surface area (Å²) in [4.78, 5) is 1.83. The largest absolute Gasteiger partial charge is 0.330 e. The zero-order valence-corrected chi connectivity index (χ0v) is 10.7. The molecule has 0 atom stereocenters. The van der Waals surface area contributed by atoms with Crippen molar-refractivity contribution in [1.82, 2.24) is 15.0 Å². The highest BCUT2D eigenvalue weighted by atomic mass is 15.5. The molecule has 4 heteroatoms. The third-order valence-corrected chi connectivity index (χ3v) is 3.70. The minimum absolute atomic E-state index is 0.745. The quantitative estimate of drug-likeness (QED) is 0.837. The Morgan fingerprint density at radius 1 is 1.00 bits per heavy atom. The van der Waals surface area contributed by atoms with Gasteiger partial charge in [-0.3, -0.25) is 0 Å². The minimum Gasteiger partial charge on any atom is -0.330 e. The maximum atomic E-state index is 5.50. The lowest BCUT2D eigenvalue weighted by Crippen LogP contribution is -2.05. The van der Waals surface area contributed by atoms with E-state index in [1.165, 1.54) is 36.8 Å². The van der Waals surface area contributed by atoms with Gasteiger partial charge in [0.1, 0.15) is 11.0 Å². The number of rotatable bonds is 4.